The molecule has 4 rings (SSSR count). The van der Waals surface area contributed by atoms with Crippen LogP contribution in [0.3, 0.4) is 0 Å². The highest BCUT2D eigenvalue weighted by atomic mass is 32.2. The van der Waals surface area contributed by atoms with Crippen molar-refractivity contribution in [3.8, 4) is 17.0 Å². The highest BCUT2D eigenvalue weighted by molar-refractivity contribution is 7.98. The number of aromatic hydroxyl groups is 1. The van der Waals surface area contributed by atoms with Gasteiger partial charge in [-0.2, -0.15) is 0 Å². The molecule has 3 aromatic carbocycles. The summed E-state index contributed by atoms with van der Waals surface area (Å²) in [6.07, 6.45) is 2.50. The molecular weight excluding hydrogens is 452 g/mol. The maximum absolute atomic E-state index is 12.9. The number of aromatic nitrogens is 1. The number of hydrogen-bond acceptors (Lipinski definition) is 5. The zero-order valence-electron chi connectivity index (χ0n) is 18.4. The molecule has 7 heteroatoms. The van der Waals surface area contributed by atoms with Crippen molar-refractivity contribution < 1.29 is 9.90 Å². The minimum atomic E-state index is -0.257. The van der Waals surface area contributed by atoms with Crippen molar-refractivity contribution >= 4 is 29.0 Å². The van der Waals surface area contributed by atoms with Gasteiger partial charge in [0.25, 0.3) is 5.91 Å². The SMILES string of the molecule is CSc1ccc(C(=O)N(C)Cc2ccccc2-c2ccc(Cc3sc(=O)[nH]c3O)cc2)cc1. The Balaban J connectivity index is 1.51. The molecule has 0 spiro atoms. The molecule has 0 fully saturated rings. The fourth-order valence-electron chi connectivity index (χ4n) is 3.68. The number of amides is 1. The number of thiazole rings is 1. The van der Waals surface area contributed by atoms with Crippen LogP contribution < -0.4 is 4.87 Å². The number of thioether (sulfide) groups is 1. The first kappa shape index (κ1) is 22.9. The molecule has 2 N–H and O–H groups in total. The lowest BCUT2D eigenvalue weighted by atomic mass is 9.97. The number of benzene rings is 3. The molecule has 1 aromatic heterocycles. The highest BCUT2D eigenvalue weighted by Gasteiger charge is 2.15. The summed E-state index contributed by atoms with van der Waals surface area (Å²) in [6.45, 7) is 0.492. The summed E-state index contributed by atoms with van der Waals surface area (Å²) in [5, 5.41) is 9.82. The molecule has 0 aliphatic carbocycles. The van der Waals surface area contributed by atoms with Gasteiger partial charge in [-0.3, -0.25) is 14.6 Å². The third kappa shape index (κ3) is 5.38. The predicted molar refractivity (Wildman–Crippen MR) is 135 cm³/mol. The van der Waals surface area contributed by atoms with E-state index in [9.17, 15) is 14.7 Å². The van der Waals surface area contributed by atoms with Crippen molar-refractivity contribution in [2.45, 2.75) is 17.9 Å². The summed E-state index contributed by atoms with van der Waals surface area (Å²) in [5.41, 5.74) is 4.85. The quantitative estimate of drug-likeness (QED) is 0.351. The first-order valence-electron chi connectivity index (χ1n) is 10.4. The van der Waals surface area contributed by atoms with E-state index in [4.69, 9.17) is 0 Å². The number of hydrogen-bond donors (Lipinski definition) is 2. The molecule has 0 aliphatic heterocycles. The van der Waals surface area contributed by atoms with Gasteiger partial charge in [0.2, 0.25) is 5.88 Å². The van der Waals surface area contributed by atoms with E-state index in [0.717, 1.165) is 38.5 Å². The van der Waals surface area contributed by atoms with Crippen LogP contribution in [0.5, 0.6) is 5.88 Å². The average Bonchev–Trinajstić information content (AvgIpc) is 3.15. The van der Waals surface area contributed by atoms with E-state index in [1.807, 2.05) is 80.0 Å². The predicted octanol–water partition coefficient (Wildman–Crippen LogP) is 5.39. The van der Waals surface area contributed by atoms with Crippen LogP contribution in [0.4, 0.5) is 0 Å². The number of carbonyl (C=O) groups excluding carboxylic acids is 1. The monoisotopic (exact) mass is 476 g/mol. The molecule has 0 saturated heterocycles. The lowest BCUT2D eigenvalue weighted by Gasteiger charge is -2.20. The van der Waals surface area contributed by atoms with Crippen LogP contribution in [0.25, 0.3) is 11.1 Å². The summed E-state index contributed by atoms with van der Waals surface area (Å²) >= 11 is 2.67. The Bertz CT molecular complexity index is 1310. The number of nitrogens with one attached hydrogen (secondary N) is 1. The highest BCUT2D eigenvalue weighted by Crippen LogP contribution is 2.27. The number of rotatable bonds is 7. The Morgan fingerprint density at radius 1 is 1.03 bits per heavy atom. The largest absolute Gasteiger partial charge is 0.494 e. The average molecular weight is 477 g/mol. The van der Waals surface area contributed by atoms with Crippen LogP contribution in [0.15, 0.2) is 82.5 Å². The second-order valence-corrected chi connectivity index (χ2v) is 9.65. The molecule has 5 nitrogen and oxygen atoms in total. The lowest BCUT2D eigenvalue weighted by Crippen LogP contribution is -2.26. The molecule has 0 saturated carbocycles. The second kappa shape index (κ2) is 10.1. The standard InChI is InChI=1S/C26H24N2O3S2/c1-28(25(30)19-11-13-21(32-2)14-12-19)16-20-5-3-4-6-22(20)18-9-7-17(8-10-18)15-23-24(29)27-26(31)33-23/h3-14,29H,15-16H2,1-2H3,(H,27,31). The summed E-state index contributed by atoms with van der Waals surface area (Å²) in [4.78, 5) is 30.0. The number of nitrogens with zero attached hydrogens (tertiary/aromatic N) is 1. The van der Waals surface area contributed by atoms with Crippen molar-refractivity contribution in [2.75, 3.05) is 13.3 Å². The van der Waals surface area contributed by atoms with Crippen LogP contribution in [0.1, 0.15) is 26.4 Å². The van der Waals surface area contributed by atoms with E-state index in [0.29, 0.717) is 23.4 Å². The Morgan fingerprint density at radius 2 is 1.73 bits per heavy atom. The van der Waals surface area contributed by atoms with Crippen molar-refractivity contribution in [1.82, 2.24) is 9.88 Å². The van der Waals surface area contributed by atoms with Crippen LogP contribution in [-0.2, 0) is 13.0 Å². The van der Waals surface area contributed by atoms with Crippen LogP contribution in [-0.4, -0.2) is 34.2 Å². The fourth-order valence-corrected chi connectivity index (χ4v) is 4.85. The first-order chi connectivity index (χ1) is 15.9. The molecular formula is C26H24N2O3S2. The fraction of sp³-hybridized carbons (Fsp3) is 0.154. The lowest BCUT2D eigenvalue weighted by molar-refractivity contribution is 0.0785. The normalized spacial score (nSPS) is 10.8. The molecule has 4 aromatic rings. The Labute approximate surface area is 200 Å². The van der Waals surface area contributed by atoms with Gasteiger partial charge >= 0.3 is 4.87 Å². The maximum atomic E-state index is 12.9. The molecule has 1 heterocycles. The molecule has 0 atom stereocenters. The van der Waals surface area contributed by atoms with Gasteiger partial charge < -0.3 is 10.0 Å². The minimum Gasteiger partial charge on any atom is -0.494 e. The van der Waals surface area contributed by atoms with Crippen LogP contribution >= 0.6 is 23.1 Å². The van der Waals surface area contributed by atoms with Crippen LogP contribution in [0.2, 0.25) is 0 Å². The number of H-pyrrole nitrogens is 1. The van der Waals surface area contributed by atoms with Gasteiger partial charge in [-0.1, -0.05) is 59.9 Å². The van der Waals surface area contributed by atoms with Crippen molar-refractivity contribution in [3.63, 3.8) is 0 Å². The molecule has 0 radical (unpaired) electrons. The van der Waals surface area contributed by atoms with Crippen molar-refractivity contribution in [2.24, 2.45) is 0 Å². The van der Waals surface area contributed by atoms with E-state index in [2.05, 4.69) is 11.1 Å². The molecule has 168 valence electrons. The summed E-state index contributed by atoms with van der Waals surface area (Å²) in [5.74, 6) is -0.0756. The first-order valence-corrected chi connectivity index (χ1v) is 12.5. The Hall–Kier alpha value is -3.29. The molecule has 0 bridgehead atoms. The van der Waals surface area contributed by atoms with Gasteiger partial charge in [-0.25, -0.2) is 0 Å². The van der Waals surface area contributed by atoms with Crippen molar-refractivity contribution in [1.29, 1.82) is 0 Å². The number of aromatic amines is 1. The van der Waals surface area contributed by atoms with Gasteiger partial charge in [-0.05, 0) is 52.8 Å². The second-order valence-electron chi connectivity index (χ2n) is 7.71. The van der Waals surface area contributed by atoms with E-state index in [1.54, 1.807) is 16.7 Å². The number of carbonyl (C=O) groups is 1. The third-order valence-corrected chi connectivity index (χ3v) is 7.05. The summed E-state index contributed by atoms with van der Waals surface area (Å²) in [7, 11) is 1.82. The zero-order chi connectivity index (χ0) is 23.4. The van der Waals surface area contributed by atoms with E-state index in [1.165, 1.54) is 0 Å². The molecule has 1 amide bonds. The van der Waals surface area contributed by atoms with Gasteiger partial charge in [0.15, 0.2) is 0 Å². The molecule has 33 heavy (non-hydrogen) atoms. The maximum Gasteiger partial charge on any atom is 0.307 e. The minimum absolute atomic E-state index is 0.0156. The van der Waals surface area contributed by atoms with Gasteiger partial charge in [0.1, 0.15) is 0 Å². The van der Waals surface area contributed by atoms with Crippen molar-refractivity contribution in [3.05, 3.63) is 104 Å². The molecule has 0 aliphatic rings. The Kier molecular flexibility index (Phi) is 7.01. The summed E-state index contributed by atoms with van der Waals surface area (Å²) < 4.78 is 0. The van der Waals surface area contributed by atoms with Gasteiger partial charge in [0, 0.05) is 30.5 Å². The zero-order valence-corrected chi connectivity index (χ0v) is 20.0. The van der Waals surface area contributed by atoms with E-state index in [-0.39, 0.29) is 16.7 Å². The van der Waals surface area contributed by atoms with Gasteiger partial charge in [0.05, 0.1) is 4.88 Å². The van der Waals surface area contributed by atoms with Crippen LogP contribution in [0, 0.1) is 0 Å². The van der Waals surface area contributed by atoms with Gasteiger partial charge in [-0.15, -0.1) is 11.8 Å². The molecule has 0 unspecified atom stereocenters. The van der Waals surface area contributed by atoms with E-state index >= 15 is 0 Å². The Morgan fingerprint density at radius 3 is 2.36 bits per heavy atom. The topological polar surface area (TPSA) is 73.4 Å². The summed E-state index contributed by atoms with van der Waals surface area (Å²) in [6, 6.07) is 23.8. The van der Waals surface area contributed by atoms with E-state index < -0.39 is 0 Å². The smallest absolute Gasteiger partial charge is 0.307 e. The third-order valence-electron chi connectivity index (χ3n) is 5.44.